The van der Waals surface area contributed by atoms with E-state index in [0.29, 0.717) is 13.1 Å². The number of hydrogen-bond acceptors (Lipinski definition) is 6. The average Bonchev–Trinajstić information content (AvgIpc) is 2.77. The summed E-state index contributed by atoms with van der Waals surface area (Å²) >= 11 is 0. The molecule has 1 atom stereocenters. The van der Waals surface area contributed by atoms with Gasteiger partial charge in [-0.25, -0.2) is 0 Å². The highest BCUT2D eigenvalue weighted by Crippen LogP contribution is 2.08. The fourth-order valence-electron chi connectivity index (χ4n) is 1.94. The van der Waals surface area contributed by atoms with Gasteiger partial charge in [-0.05, 0) is 6.42 Å². The number of halogens is 1. The van der Waals surface area contributed by atoms with Crippen molar-refractivity contribution in [3.63, 3.8) is 0 Å². The molecule has 0 radical (unpaired) electrons. The summed E-state index contributed by atoms with van der Waals surface area (Å²) in [6.07, 6.45) is 2.00. The number of ether oxygens (including phenoxy) is 1. The van der Waals surface area contributed by atoms with Gasteiger partial charge in [0.25, 0.3) is 0 Å². The molecule has 1 unspecified atom stereocenters. The van der Waals surface area contributed by atoms with Crippen molar-refractivity contribution in [3.8, 4) is 0 Å². The zero-order valence-electron chi connectivity index (χ0n) is 10.7. The summed E-state index contributed by atoms with van der Waals surface area (Å²) in [6, 6.07) is 0. The highest BCUT2D eigenvalue weighted by molar-refractivity contribution is 5.85. The van der Waals surface area contributed by atoms with Gasteiger partial charge in [0, 0.05) is 26.1 Å². The third-order valence-electron chi connectivity index (χ3n) is 2.82. The minimum Gasteiger partial charge on any atom is -0.374 e. The van der Waals surface area contributed by atoms with Crippen LogP contribution in [0.3, 0.4) is 0 Å². The minimum absolute atomic E-state index is 0. The number of nitrogens with two attached hydrogens (primary N) is 1. The lowest BCUT2D eigenvalue weighted by atomic mass is 10.2. The molecule has 6 nitrogen and oxygen atoms in total. The van der Waals surface area contributed by atoms with Crippen molar-refractivity contribution in [2.75, 3.05) is 26.2 Å². The Morgan fingerprint density at radius 1 is 1.50 bits per heavy atom. The third kappa shape index (κ3) is 4.20. The van der Waals surface area contributed by atoms with Gasteiger partial charge in [0.2, 0.25) is 5.89 Å². The maximum Gasteiger partial charge on any atom is 0.226 e. The van der Waals surface area contributed by atoms with E-state index in [4.69, 9.17) is 15.0 Å². The minimum atomic E-state index is 0. The van der Waals surface area contributed by atoms with Crippen molar-refractivity contribution in [2.24, 2.45) is 5.73 Å². The topological polar surface area (TPSA) is 77.4 Å². The fourth-order valence-corrected chi connectivity index (χ4v) is 1.94. The van der Waals surface area contributed by atoms with Crippen LogP contribution in [0.1, 0.15) is 25.1 Å². The fraction of sp³-hybridized carbons (Fsp3) is 0.818. The van der Waals surface area contributed by atoms with E-state index in [1.165, 1.54) is 0 Å². The molecule has 2 rings (SSSR count). The molecule has 1 saturated heterocycles. The van der Waals surface area contributed by atoms with Gasteiger partial charge >= 0.3 is 0 Å². The molecule has 0 aliphatic carbocycles. The number of hydrogen-bond donors (Lipinski definition) is 1. The summed E-state index contributed by atoms with van der Waals surface area (Å²) in [6.45, 7) is 5.83. The van der Waals surface area contributed by atoms with Crippen LogP contribution in [0.25, 0.3) is 0 Å². The summed E-state index contributed by atoms with van der Waals surface area (Å²) in [7, 11) is 0. The van der Waals surface area contributed by atoms with Gasteiger partial charge in [0.05, 0.1) is 19.3 Å². The van der Waals surface area contributed by atoms with Crippen molar-refractivity contribution >= 4 is 12.4 Å². The van der Waals surface area contributed by atoms with Crippen LogP contribution in [0.2, 0.25) is 0 Å². The number of rotatable bonds is 5. The van der Waals surface area contributed by atoms with E-state index >= 15 is 0 Å². The van der Waals surface area contributed by atoms with Crippen molar-refractivity contribution in [1.29, 1.82) is 0 Å². The first-order valence-corrected chi connectivity index (χ1v) is 6.17. The smallest absolute Gasteiger partial charge is 0.226 e. The number of nitrogens with zero attached hydrogens (tertiary/aromatic N) is 3. The van der Waals surface area contributed by atoms with Gasteiger partial charge in [-0.2, -0.15) is 4.98 Å². The largest absolute Gasteiger partial charge is 0.374 e. The Kier molecular flexibility index (Phi) is 6.56. The lowest BCUT2D eigenvalue weighted by Crippen LogP contribution is -2.45. The second-order valence-electron chi connectivity index (χ2n) is 4.32. The van der Waals surface area contributed by atoms with Crippen LogP contribution >= 0.6 is 12.4 Å². The molecule has 2 heterocycles. The Hall–Kier alpha value is -0.690. The van der Waals surface area contributed by atoms with E-state index in [0.717, 1.165) is 44.3 Å². The van der Waals surface area contributed by atoms with Gasteiger partial charge in [-0.1, -0.05) is 12.1 Å². The quantitative estimate of drug-likeness (QED) is 0.849. The first-order chi connectivity index (χ1) is 8.31. The number of aryl methyl sites for hydroxylation is 1. The number of morpholine rings is 1. The van der Waals surface area contributed by atoms with Gasteiger partial charge in [-0.3, -0.25) is 4.90 Å². The zero-order valence-corrected chi connectivity index (χ0v) is 11.5. The van der Waals surface area contributed by atoms with Crippen LogP contribution in [-0.4, -0.2) is 47.4 Å². The molecule has 2 N–H and O–H groups in total. The van der Waals surface area contributed by atoms with Gasteiger partial charge < -0.3 is 15.0 Å². The molecule has 0 amide bonds. The third-order valence-corrected chi connectivity index (χ3v) is 2.82. The van der Waals surface area contributed by atoms with Crippen LogP contribution in [0.15, 0.2) is 4.52 Å². The molecule has 104 valence electrons. The van der Waals surface area contributed by atoms with Gasteiger partial charge in [0.1, 0.15) is 0 Å². The predicted molar refractivity (Wildman–Crippen MR) is 69.6 cm³/mol. The van der Waals surface area contributed by atoms with E-state index in [1.54, 1.807) is 0 Å². The monoisotopic (exact) mass is 276 g/mol. The molecular formula is C11H21ClN4O2. The first-order valence-electron chi connectivity index (χ1n) is 6.17. The average molecular weight is 277 g/mol. The molecule has 7 heteroatoms. The first kappa shape index (κ1) is 15.4. The molecule has 0 aromatic carbocycles. The lowest BCUT2D eigenvalue weighted by Gasteiger charge is -2.31. The van der Waals surface area contributed by atoms with Crippen LogP contribution < -0.4 is 5.73 Å². The zero-order chi connectivity index (χ0) is 12.1. The van der Waals surface area contributed by atoms with E-state index in [-0.39, 0.29) is 18.5 Å². The van der Waals surface area contributed by atoms with Gasteiger partial charge in [0.15, 0.2) is 5.82 Å². The highest BCUT2D eigenvalue weighted by atomic mass is 35.5. The van der Waals surface area contributed by atoms with Crippen LogP contribution in [-0.2, 0) is 17.7 Å². The maximum absolute atomic E-state index is 5.60. The van der Waals surface area contributed by atoms with E-state index in [1.807, 2.05) is 0 Å². The maximum atomic E-state index is 5.60. The Morgan fingerprint density at radius 2 is 2.33 bits per heavy atom. The standard InChI is InChI=1S/C11H20N4O2.ClH/c1-2-3-11-13-10(14-17-11)8-15-4-5-16-9(6-12)7-15;/h9H,2-8,12H2,1H3;1H. The second-order valence-corrected chi connectivity index (χ2v) is 4.32. The van der Waals surface area contributed by atoms with E-state index in [2.05, 4.69) is 22.0 Å². The molecule has 1 fully saturated rings. The molecule has 1 aromatic heterocycles. The van der Waals surface area contributed by atoms with Crippen molar-refractivity contribution in [2.45, 2.75) is 32.4 Å². The summed E-state index contributed by atoms with van der Waals surface area (Å²) in [5, 5.41) is 3.98. The molecule has 1 aliphatic heterocycles. The summed E-state index contributed by atoms with van der Waals surface area (Å²) < 4.78 is 10.7. The molecular weight excluding hydrogens is 256 g/mol. The molecule has 0 bridgehead atoms. The van der Waals surface area contributed by atoms with Crippen molar-refractivity contribution < 1.29 is 9.26 Å². The second kappa shape index (κ2) is 7.68. The van der Waals surface area contributed by atoms with E-state index < -0.39 is 0 Å². The van der Waals surface area contributed by atoms with Crippen molar-refractivity contribution in [1.82, 2.24) is 15.0 Å². The SMILES string of the molecule is CCCc1nc(CN2CCOC(CN)C2)no1.Cl. The molecule has 1 aromatic rings. The predicted octanol–water partition coefficient (Wildman–Crippen LogP) is 0.603. The summed E-state index contributed by atoms with van der Waals surface area (Å²) in [5.74, 6) is 1.48. The van der Waals surface area contributed by atoms with Gasteiger partial charge in [-0.15, -0.1) is 12.4 Å². The number of aromatic nitrogens is 2. The molecule has 0 spiro atoms. The normalized spacial score (nSPS) is 20.7. The Bertz CT molecular complexity index is 348. The van der Waals surface area contributed by atoms with Crippen LogP contribution in [0.4, 0.5) is 0 Å². The molecule has 18 heavy (non-hydrogen) atoms. The Balaban J connectivity index is 0.00000162. The lowest BCUT2D eigenvalue weighted by molar-refractivity contribution is -0.0269. The van der Waals surface area contributed by atoms with E-state index in [9.17, 15) is 0 Å². The highest BCUT2D eigenvalue weighted by Gasteiger charge is 2.20. The summed E-state index contributed by atoms with van der Waals surface area (Å²) in [4.78, 5) is 6.61. The summed E-state index contributed by atoms with van der Waals surface area (Å²) in [5.41, 5.74) is 5.60. The van der Waals surface area contributed by atoms with Crippen LogP contribution in [0.5, 0.6) is 0 Å². The molecule has 1 aliphatic rings. The van der Waals surface area contributed by atoms with Crippen LogP contribution in [0, 0.1) is 0 Å². The Labute approximate surface area is 113 Å². The Morgan fingerprint density at radius 3 is 3.06 bits per heavy atom. The van der Waals surface area contributed by atoms with Crippen molar-refractivity contribution in [3.05, 3.63) is 11.7 Å². The molecule has 0 saturated carbocycles.